The second-order valence-electron chi connectivity index (χ2n) is 5.45. The number of hydrogen-bond donors (Lipinski definition) is 0. The highest BCUT2D eigenvalue weighted by atomic mass is 35.5. The van der Waals surface area contributed by atoms with Crippen LogP contribution in [0.2, 0.25) is 5.02 Å². The monoisotopic (exact) mass is 339 g/mol. The number of carbonyl (C=O) groups is 1. The maximum atomic E-state index is 13.4. The minimum atomic E-state index is -1.12. The number of halogens is 4. The fraction of sp³-hybridized carbons (Fsp3) is 0.235. The van der Waals surface area contributed by atoms with Crippen LogP contribution in [0.5, 0.6) is 0 Å². The van der Waals surface area contributed by atoms with Crippen molar-refractivity contribution in [2.45, 2.75) is 18.9 Å². The molecule has 2 aromatic carbocycles. The number of amides is 1. The summed E-state index contributed by atoms with van der Waals surface area (Å²) in [5, 5.41) is -0.126. The van der Waals surface area contributed by atoms with E-state index in [4.69, 9.17) is 11.6 Å². The summed E-state index contributed by atoms with van der Waals surface area (Å²) in [5.41, 5.74) is 0.732. The lowest BCUT2D eigenvalue weighted by atomic mass is 10.0. The Balaban J connectivity index is 1.92. The summed E-state index contributed by atoms with van der Waals surface area (Å²) < 4.78 is 39.6. The van der Waals surface area contributed by atoms with Crippen LogP contribution in [0.25, 0.3) is 0 Å². The Hall–Kier alpha value is -2.01. The molecule has 0 aliphatic carbocycles. The van der Waals surface area contributed by atoms with Gasteiger partial charge in [-0.1, -0.05) is 23.7 Å². The predicted octanol–water partition coefficient (Wildman–Crippen LogP) is 4.73. The molecule has 6 heteroatoms. The maximum Gasteiger partial charge on any atom is 0.255 e. The van der Waals surface area contributed by atoms with E-state index in [1.807, 2.05) is 0 Å². The van der Waals surface area contributed by atoms with Gasteiger partial charge in [-0.25, -0.2) is 13.2 Å². The first kappa shape index (κ1) is 15.9. The van der Waals surface area contributed by atoms with E-state index in [9.17, 15) is 18.0 Å². The first-order valence-corrected chi connectivity index (χ1v) is 7.56. The fourth-order valence-electron chi connectivity index (χ4n) is 2.88. The van der Waals surface area contributed by atoms with Gasteiger partial charge in [0.2, 0.25) is 0 Å². The average molecular weight is 340 g/mol. The Bertz CT molecular complexity index is 748. The molecule has 120 valence electrons. The van der Waals surface area contributed by atoms with Crippen molar-refractivity contribution in [3.63, 3.8) is 0 Å². The van der Waals surface area contributed by atoms with E-state index >= 15 is 0 Å². The lowest BCUT2D eigenvalue weighted by molar-refractivity contribution is 0.0735. The molecule has 3 rings (SSSR count). The molecule has 0 N–H and O–H groups in total. The second kappa shape index (κ2) is 6.24. The molecule has 1 saturated heterocycles. The summed E-state index contributed by atoms with van der Waals surface area (Å²) >= 11 is 5.89. The molecule has 0 aromatic heterocycles. The summed E-state index contributed by atoms with van der Waals surface area (Å²) in [6.45, 7) is 0.482. The number of likely N-dealkylation sites (tertiary alicyclic amines) is 1. The van der Waals surface area contributed by atoms with Gasteiger partial charge >= 0.3 is 0 Å². The highest BCUT2D eigenvalue weighted by Crippen LogP contribution is 2.34. The molecule has 0 radical (unpaired) electrons. The van der Waals surface area contributed by atoms with Crippen LogP contribution in [0.15, 0.2) is 36.4 Å². The van der Waals surface area contributed by atoms with Gasteiger partial charge in [-0.15, -0.1) is 0 Å². The fourth-order valence-corrected chi connectivity index (χ4v) is 3.11. The molecule has 1 unspecified atom stereocenters. The Morgan fingerprint density at radius 2 is 1.74 bits per heavy atom. The number of nitrogens with zero attached hydrogens (tertiary/aromatic N) is 1. The van der Waals surface area contributed by atoms with E-state index in [-0.39, 0.29) is 22.4 Å². The Morgan fingerprint density at radius 3 is 2.43 bits per heavy atom. The molecule has 0 bridgehead atoms. The predicted molar refractivity (Wildman–Crippen MR) is 80.8 cm³/mol. The number of rotatable bonds is 2. The Labute approximate surface area is 136 Å². The molecule has 1 fully saturated rings. The molecule has 1 aliphatic rings. The van der Waals surface area contributed by atoms with E-state index in [1.165, 1.54) is 12.1 Å². The van der Waals surface area contributed by atoms with Crippen LogP contribution >= 0.6 is 11.6 Å². The summed E-state index contributed by atoms with van der Waals surface area (Å²) in [7, 11) is 0. The van der Waals surface area contributed by atoms with Crippen LogP contribution in [-0.4, -0.2) is 17.4 Å². The van der Waals surface area contributed by atoms with E-state index in [1.54, 1.807) is 17.0 Å². The Kier molecular flexibility index (Phi) is 4.31. The van der Waals surface area contributed by atoms with Crippen LogP contribution in [0.1, 0.15) is 34.8 Å². The lowest BCUT2D eigenvalue weighted by Gasteiger charge is -2.25. The third-order valence-electron chi connectivity index (χ3n) is 4.01. The normalized spacial score (nSPS) is 17.6. The Morgan fingerprint density at radius 1 is 1.09 bits per heavy atom. The first-order chi connectivity index (χ1) is 11.0. The highest BCUT2D eigenvalue weighted by molar-refractivity contribution is 6.33. The van der Waals surface area contributed by atoms with Gasteiger partial charge in [0.05, 0.1) is 16.6 Å². The summed E-state index contributed by atoms with van der Waals surface area (Å²) in [4.78, 5) is 14.2. The van der Waals surface area contributed by atoms with E-state index in [0.29, 0.717) is 6.54 Å². The molecule has 1 aliphatic heterocycles. The van der Waals surface area contributed by atoms with Crippen molar-refractivity contribution < 1.29 is 18.0 Å². The van der Waals surface area contributed by atoms with Crippen LogP contribution in [0.3, 0.4) is 0 Å². The van der Waals surface area contributed by atoms with Gasteiger partial charge in [-0.2, -0.15) is 0 Å². The molecule has 1 heterocycles. The minimum absolute atomic E-state index is 0.0698. The molecule has 1 amide bonds. The van der Waals surface area contributed by atoms with Crippen molar-refractivity contribution in [2.24, 2.45) is 0 Å². The average Bonchev–Trinajstić information content (AvgIpc) is 3.00. The van der Waals surface area contributed by atoms with E-state index in [0.717, 1.165) is 30.5 Å². The van der Waals surface area contributed by atoms with Crippen molar-refractivity contribution in [1.82, 2.24) is 4.90 Å². The summed E-state index contributed by atoms with van der Waals surface area (Å²) in [6.07, 6.45) is 1.49. The molecule has 0 spiro atoms. The summed E-state index contributed by atoms with van der Waals surface area (Å²) in [5.74, 6) is -3.02. The molecule has 23 heavy (non-hydrogen) atoms. The van der Waals surface area contributed by atoms with Gasteiger partial charge in [0.15, 0.2) is 11.6 Å². The topological polar surface area (TPSA) is 20.3 Å². The van der Waals surface area contributed by atoms with Gasteiger partial charge in [0.25, 0.3) is 5.91 Å². The number of carbonyl (C=O) groups excluding carboxylic acids is 1. The van der Waals surface area contributed by atoms with E-state index in [2.05, 4.69) is 0 Å². The highest BCUT2D eigenvalue weighted by Gasteiger charge is 2.32. The number of hydrogen-bond acceptors (Lipinski definition) is 1. The van der Waals surface area contributed by atoms with Crippen molar-refractivity contribution in [3.8, 4) is 0 Å². The smallest absolute Gasteiger partial charge is 0.255 e. The maximum absolute atomic E-state index is 13.4. The van der Waals surface area contributed by atoms with E-state index < -0.39 is 17.5 Å². The van der Waals surface area contributed by atoms with Crippen LogP contribution in [0, 0.1) is 17.5 Å². The van der Waals surface area contributed by atoms with Gasteiger partial charge in [-0.3, -0.25) is 4.79 Å². The largest absolute Gasteiger partial charge is 0.332 e. The SMILES string of the molecule is O=C(c1cc(F)c(F)cc1Cl)N1CCCC1c1ccc(F)cc1. The van der Waals surface area contributed by atoms with Gasteiger partial charge in [0.1, 0.15) is 5.82 Å². The quantitative estimate of drug-likeness (QED) is 0.724. The molecule has 2 nitrogen and oxygen atoms in total. The van der Waals surface area contributed by atoms with Crippen molar-refractivity contribution >= 4 is 17.5 Å². The third kappa shape index (κ3) is 3.06. The van der Waals surface area contributed by atoms with Gasteiger partial charge < -0.3 is 4.90 Å². The van der Waals surface area contributed by atoms with Gasteiger partial charge in [-0.05, 0) is 42.7 Å². The van der Waals surface area contributed by atoms with Gasteiger partial charge in [0, 0.05) is 6.54 Å². The molecular weight excluding hydrogens is 327 g/mol. The molecule has 0 saturated carbocycles. The van der Waals surface area contributed by atoms with Crippen LogP contribution in [-0.2, 0) is 0 Å². The first-order valence-electron chi connectivity index (χ1n) is 7.18. The lowest BCUT2D eigenvalue weighted by Crippen LogP contribution is -2.31. The van der Waals surface area contributed by atoms with Crippen molar-refractivity contribution in [1.29, 1.82) is 0 Å². The van der Waals surface area contributed by atoms with Crippen molar-refractivity contribution in [2.75, 3.05) is 6.54 Å². The number of benzene rings is 2. The molecule has 2 aromatic rings. The zero-order valence-electron chi connectivity index (χ0n) is 12.0. The zero-order valence-corrected chi connectivity index (χ0v) is 12.8. The van der Waals surface area contributed by atoms with Crippen LogP contribution < -0.4 is 0 Å². The summed E-state index contributed by atoms with van der Waals surface area (Å²) in [6, 6.07) is 7.30. The minimum Gasteiger partial charge on any atom is -0.332 e. The van der Waals surface area contributed by atoms with Crippen molar-refractivity contribution in [3.05, 3.63) is 70.0 Å². The van der Waals surface area contributed by atoms with Crippen LogP contribution in [0.4, 0.5) is 13.2 Å². The molecular formula is C17H13ClF3NO. The zero-order chi connectivity index (χ0) is 16.6. The standard InChI is InChI=1S/C17H13ClF3NO/c18-13-9-15(21)14(20)8-12(13)17(23)22-7-1-2-16(22)10-3-5-11(19)6-4-10/h3-6,8-9,16H,1-2,7H2. The third-order valence-corrected chi connectivity index (χ3v) is 4.32. The second-order valence-corrected chi connectivity index (χ2v) is 5.86. The molecule has 1 atom stereocenters.